The van der Waals surface area contributed by atoms with E-state index in [1.165, 1.54) is 6.07 Å². The van der Waals surface area contributed by atoms with Gasteiger partial charge >= 0.3 is 0 Å². The van der Waals surface area contributed by atoms with Crippen LogP contribution in [-0.2, 0) is 6.54 Å². The fourth-order valence-corrected chi connectivity index (χ4v) is 3.38. The summed E-state index contributed by atoms with van der Waals surface area (Å²) in [4.78, 5) is 1.96. The van der Waals surface area contributed by atoms with Crippen LogP contribution in [-0.4, -0.2) is 30.7 Å². The molecule has 0 aliphatic carbocycles. The predicted octanol–water partition coefficient (Wildman–Crippen LogP) is 5.32. The Morgan fingerprint density at radius 3 is 2.46 bits per heavy atom. The van der Waals surface area contributed by atoms with E-state index < -0.39 is 6.10 Å². The van der Waals surface area contributed by atoms with Crippen molar-refractivity contribution in [3.8, 4) is 16.9 Å². The average molecular weight is 400 g/mol. The molecule has 0 heterocycles. The minimum Gasteiger partial charge on any atom is -0.497 e. The van der Waals surface area contributed by atoms with Gasteiger partial charge in [0.15, 0.2) is 0 Å². The number of benzene rings is 3. The SMILES string of the molecule is COc1ccc(Cl)c(-c2ccc(CN(C)CC(O)c3ccccc3F)cc2)c1. The molecule has 0 saturated heterocycles. The third-order valence-corrected chi connectivity index (χ3v) is 4.97. The molecule has 0 aliphatic rings. The van der Waals surface area contributed by atoms with E-state index >= 15 is 0 Å². The quantitative estimate of drug-likeness (QED) is 0.583. The first kappa shape index (κ1) is 20.3. The molecule has 5 heteroatoms. The van der Waals surface area contributed by atoms with Crippen LogP contribution < -0.4 is 4.74 Å². The molecule has 28 heavy (non-hydrogen) atoms. The summed E-state index contributed by atoms with van der Waals surface area (Å²) in [6, 6.07) is 19.9. The zero-order valence-electron chi connectivity index (χ0n) is 15.9. The fourth-order valence-electron chi connectivity index (χ4n) is 3.16. The number of aliphatic hydroxyl groups is 1. The normalized spacial score (nSPS) is 12.2. The molecule has 1 N–H and O–H groups in total. The highest BCUT2D eigenvalue weighted by atomic mass is 35.5. The molecule has 0 aliphatic heterocycles. The van der Waals surface area contributed by atoms with Gasteiger partial charge in [-0.05, 0) is 42.4 Å². The third-order valence-electron chi connectivity index (χ3n) is 4.64. The van der Waals surface area contributed by atoms with E-state index in [9.17, 15) is 9.50 Å². The molecule has 3 aromatic carbocycles. The molecule has 0 radical (unpaired) electrons. The number of likely N-dealkylation sites (N-methyl/N-ethyl adjacent to an activating group) is 1. The smallest absolute Gasteiger partial charge is 0.129 e. The van der Waals surface area contributed by atoms with Crippen molar-refractivity contribution in [1.82, 2.24) is 4.90 Å². The van der Waals surface area contributed by atoms with Crippen molar-refractivity contribution in [3.63, 3.8) is 0 Å². The molecule has 3 rings (SSSR count). The highest BCUT2D eigenvalue weighted by Gasteiger charge is 2.15. The summed E-state index contributed by atoms with van der Waals surface area (Å²) in [6.07, 6.45) is -0.874. The van der Waals surface area contributed by atoms with Gasteiger partial charge in [0, 0.05) is 29.2 Å². The Labute approximate surface area is 170 Å². The maximum Gasteiger partial charge on any atom is 0.129 e. The molecule has 146 valence electrons. The van der Waals surface area contributed by atoms with Crippen molar-refractivity contribution >= 4 is 11.6 Å². The summed E-state index contributed by atoms with van der Waals surface area (Å²) >= 11 is 6.32. The Bertz CT molecular complexity index is 930. The second-order valence-electron chi connectivity index (χ2n) is 6.78. The van der Waals surface area contributed by atoms with Crippen LogP contribution in [0.25, 0.3) is 11.1 Å². The van der Waals surface area contributed by atoms with Gasteiger partial charge in [0.2, 0.25) is 0 Å². The van der Waals surface area contributed by atoms with E-state index in [0.717, 1.165) is 22.4 Å². The molecule has 1 unspecified atom stereocenters. The maximum absolute atomic E-state index is 13.8. The Hall–Kier alpha value is -2.40. The Kier molecular flexibility index (Phi) is 6.68. The topological polar surface area (TPSA) is 32.7 Å². The second kappa shape index (κ2) is 9.20. The average Bonchev–Trinajstić information content (AvgIpc) is 2.69. The van der Waals surface area contributed by atoms with Crippen LogP contribution in [0, 0.1) is 5.82 Å². The number of nitrogens with zero attached hydrogens (tertiary/aromatic N) is 1. The predicted molar refractivity (Wildman–Crippen MR) is 111 cm³/mol. The van der Waals surface area contributed by atoms with Gasteiger partial charge in [-0.1, -0.05) is 54.1 Å². The highest BCUT2D eigenvalue weighted by Crippen LogP contribution is 2.31. The van der Waals surface area contributed by atoms with E-state index in [1.807, 2.05) is 54.4 Å². The molecule has 0 fully saturated rings. The van der Waals surface area contributed by atoms with Gasteiger partial charge < -0.3 is 9.84 Å². The van der Waals surface area contributed by atoms with Gasteiger partial charge in [-0.2, -0.15) is 0 Å². The molecule has 0 aromatic heterocycles. The fraction of sp³-hybridized carbons (Fsp3) is 0.217. The number of hydrogen-bond donors (Lipinski definition) is 1. The maximum atomic E-state index is 13.8. The minimum absolute atomic E-state index is 0.317. The lowest BCUT2D eigenvalue weighted by Gasteiger charge is -2.21. The molecule has 3 aromatic rings. The number of rotatable bonds is 7. The lowest BCUT2D eigenvalue weighted by Crippen LogP contribution is -2.24. The number of hydrogen-bond acceptors (Lipinski definition) is 3. The zero-order chi connectivity index (χ0) is 20.1. The molecule has 0 bridgehead atoms. The van der Waals surface area contributed by atoms with Crippen LogP contribution in [0.5, 0.6) is 5.75 Å². The van der Waals surface area contributed by atoms with Crippen molar-refractivity contribution < 1.29 is 14.2 Å². The number of aliphatic hydroxyl groups excluding tert-OH is 1. The lowest BCUT2D eigenvalue weighted by molar-refractivity contribution is 0.120. The first-order valence-corrected chi connectivity index (χ1v) is 9.39. The summed E-state index contributed by atoms with van der Waals surface area (Å²) < 4.78 is 19.1. The van der Waals surface area contributed by atoms with Crippen LogP contribution in [0.1, 0.15) is 17.2 Å². The molecular formula is C23H23ClFNO2. The van der Waals surface area contributed by atoms with Crippen LogP contribution >= 0.6 is 11.6 Å². The number of halogens is 2. The summed E-state index contributed by atoms with van der Waals surface area (Å²) in [7, 11) is 3.53. The van der Waals surface area contributed by atoms with E-state index in [-0.39, 0.29) is 5.82 Å². The van der Waals surface area contributed by atoms with E-state index in [2.05, 4.69) is 0 Å². The first-order valence-electron chi connectivity index (χ1n) is 9.02. The summed E-state index contributed by atoms with van der Waals surface area (Å²) in [6.45, 7) is 0.974. The van der Waals surface area contributed by atoms with E-state index in [4.69, 9.17) is 16.3 Å². The largest absolute Gasteiger partial charge is 0.497 e. The zero-order valence-corrected chi connectivity index (χ0v) is 16.7. The monoisotopic (exact) mass is 399 g/mol. The first-order chi connectivity index (χ1) is 13.5. The van der Waals surface area contributed by atoms with Gasteiger partial charge in [0.05, 0.1) is 13.2 Å². The molecule has 3 nitrogen and oxygen atoms in total. The molecule has 0 amide bonds. The van der Waals surface area contributed by atoms with E-state index in [1.54, 1.807) is 25.3 Å². The van der Waals surface area contributed by atoms with Crippen molar-refractivity contribution in [2.24, 2.45) is 0 Å². The van der Waals surface area contributed by atoms with E-state index in [0.29, 0.717) is 23.7 Å². The van der Waals surface area contributed by atoms with Crippen molar-refractivity contribution in [1.29, 1.82) is 0 Å². The van der Waals surface area contributed by atoms with Crippen LogP contribution in [0.15, 0.2) is 66.7 Å². The van der Waals surface area contributed by atoms with Crippen LogP contribution in [0.4, 0.5) is 4.39 Å². The van der Waals surface area contributed by atoms with Crippen molar-refractivity contribution in [3.05, 3.63) is 88.7 Å². The van der Waals surface area contributed by atoms with Gasteiger partial charge in [-0.25, -0.2) is 4.39 Å². The Morgan fingerprint density at radius 2 is 1.79 bits per heavy atom. The summed E-state index contributed by atoms with van der Waals surface area (Å²) in [5.41, 5.74) is 3.32. The van der Waals surface area contributed by atoms with Gasteiger partial charge in [-0.15, -0.1) is 0 Å². The summed E-state index contributed by atoms with van der Waals surface area (Å²) in [5, 5.41) is 11.0. The van der Waals surface area contributed by atoms with Gasteiger partial charge in [-0.3, -0.25) is 4.90 Å². The Balaban J connectivity index is 1.66. The standard InChI is InChI=1S/C23H23ClFNO2/c1-26(15-23(27)19-5-3-4-6-22(19)25)14-16-7-9-17(10-8-16)20-13-18(28-2)11-12-21(20)24/h3-13,23,27H,14-15H2,1-2H3. The molecule has 1 atom stereocenters. The second-order valence-corrected chi connectivity index (χ2v) is 7.18. The molecular weight excluding hydrogens is 377 g/mol. The van der Waals surface area contributed by atoms with Gasteiger partial charge in [0.25, 0.3) is 0 Å². The van der Waals surface area contributed by atoms with Crippen molar-refractivity contribution in [2.45, 2.75) is 12.6 Å². The number of methoxy groups -OCH3 is 1. The lowest BCUT2D eigenvalue weighted by atomic mass is 10.0. The molecule has 0 saturated carbocycles. The number of ether oxygens (including phenoxy) is 1. The minimum atomic E-state index is -0.874. The summed E-state index contributed by atoms with van der Waals surface area (Å²) in [5.74, 6) is 0.369. The van der Waals surface area contributed by atoms with Gasteiger partial charge in [0.1, 0.15) is 11.6 Å². The van der Waals surface area contributed by atoms with Crippen LogP contribution in [0.2, 0.25) is 5.02 Å². The Morgan fingerprint density at radius 1 is 1.07 bits per heavy atom. The highest BCUT2D eigenvalue weighted by molar-refractivity contribution is 6.33. The third kappa shape index (κ3) is 4.90. The molecule has 0 spiro atoms. The van der Waals surface area contributed by atoms with Crippen molar-refractivity contribution in [2.75, 3.05) is 20.7 Å². The van der Waals surface area contributed by atoms with Crippen LogP contribution in [0.3, 0.4) is 0 Å².